The molecular formula is C23H20I2N4. The highest BCUT2D eigenvalue weighted by Crippen LogP contribution is 2.20. The summed E-state index contributed by atoms with van der Waals surface area (Å²) in [4.78, 5) is 2.33. The number of rotatable bonds is 7. The largest absolute Gasteiger partial charge is 0.361 e. The predicted octanol–water partition coefficient (Wildman–Crippen LogP) is 5.74. The van der Waals surface area contributed by atoms with Gasteiger partial charge in [-0.25, -0.2) is 4.68 Å². The van der Waals surface area contributed by atoms with Crippen molar-refractivity contribution in [2.75, 3.05) is 4.90 Å². The van der Waals surface area contributed by atoms with E-state index in [1.165, 1.54) is 24.0 Å². The van der Waals surface area contributed by atoms with Gasteiger partial charge in [0.25, 0.3) is 0 Å². The fourth-order valence-electron chi connectivity index (χ4n) is 3.15. The highest BCUT2D eigenvalue weighted by Gasteiger charge is 2.11. The third kappa shape index (κ3) is 5.79. The maximum atomic E-state index is 4.42. The molecule has 0 spiro atoms. The number of nitrogens with zero attached hydrogens (tertiary/aromatic N) is 4. The molecule has 0 aliphatic rings. The van der Waals surface area contributed by atoms with E-state index < -0.39 is 0 Å². The normalized spacial score (nSPS) is 10.8. The van der Waals surface area contributed by atoms with E-state index in [2.05, 4.69) is 133 Å². The average molecular weight is 606 g/mol. The second-order valence-electron chi connectivity index (χ2n) is 6.85. The van der Waals surface area contributed by atoms with Crippen LogP contribution in [0, 0.1) is 7.14 Å². The first-order valence-corrected chi connectivity index (χ1v) is 11.5. The molecule has 0 aliphatic heterocycles. The Balaban J connectivity index is 1.50. The van der Waals surface area contributed by atoms with Crippen LogP contribution in [0.15, 0.2) is 85.1 Å². The first kappa shape index (κ1) is 20.3. The Labute approximate surface area is 198 Å². The van der Waals surface area contributed by atoms with Crippen molar-refractivity contribution >= 4 is 50.9 Å². The first-order chi connectivity index (χ1) is 14.2. The Bertz CT molecular complexity index is 1040. The number of anilines is 1. The molecule has 4 nitrogen and oxygen atoms in total. The van der Waals surface area contributed by atoms with Gasteiger partial charge in [0, 0.05) is 19.4 Å². The molecule has 0 saturated carbocycles. The Morgan fingerprint density at radius 3 is 2.00 bits per heavy atom. The minimum Gasteiger partial charge on any atom is -0.361 e. The quantitative estimate of drug-likeness (QED) is 0.252. The summed E-state index contributed by atoms with van der Waals surface area (Å²) in [6.07, 6.45) is 2.04. The summed E-state index contributed by atoms with van der Waals surface area (Å²) in [7, 11) is 0. The molecule has 29 heavy (non-hydrogen) atoms. The molecule has 0 fully saturated rings. The zero-order valence-corrected chi connectivity index (χ0v) is 20.1. The Morgan fingerprint density at radius 1 is 0.724 bits per heavy atom. The zero-order chi connectivity index (χ0) is 20.1. The molecular weight excluding hydrogens is 586 g/mol. The van der Waals surface area contributed by atoms with Crippen molar-refractivity contribution in [2.45, 2.75) is 19.6 Å². The van der Waals surface area contributed by atoms with Crippen molar-refractivity contribution in [3.8, 4) is 0 Å². The van der Waals surface area contributed by atoms with E-state index in [0.29, 0.717) is 6.54 Å². The maximum absolute atomic E-state index is 4.42. The van der Waals surface area contributed by atoms with Crippen molar-refractivity contribution in [1.82, 2.24) is 15.0 Å². The van der Waals surface area contributed by atoms with E-state index in [0.717, 1.165) is 18.8 Å². The highest BCUT2D eigenvalue weighted by atomic mass is 127. The number of hydrogen-bond acceptors (Lipinski definition) is 3. The number of para-hydroxylation sites is 1. The van der Waals surface area contributed by atoms with Crippen LogP contribution in [-0.2, 0) is 19.6 Å². The topological polar surface area (TPSA) is 34.0 Å². The zero-order valence-electron chi connectivity index (χ0n) is 15.7. The van der Waals surface area contributed by atoms with E-state index in [4.69, 9.17) is 0 Å². The Kier molecular flexibility index (Phi) is 6.81. The van der Waals surface area contributed by atoms with Crippen LogP contribution in [0.25, 0.3) is 0 Å². The van der Waals surface area contributed by atoms with Crippen molar-refractivity contribution in [3.63, 3.8) is 0 Å². The van der Waals surface area contributed by atoms with E-state index >= 15 is 0 Å². The molecule has 6 heteroatoms. The van der Waals surface area contributed by atoms with Gasteiger partial charge >= 0.3 is 0 Å². The minimum absolute atomic E-state index is 0.711. The predicted molar refractivity (Wildman–Crippen MR) is 134 cm³/mol. The van der Waals surface area contributed by atoms with Crippen molar-refractivity contribution in [1.29, 1.82) is 0 Å². The van der Waals surface area contributed by atoms with Crippen molar-refractivity contribution in [3.05, 3.63) is 109 Å². The van der Waals surface area contributed by atoms with Crippen molar-refractivity contribution in [2.24, 2.45) is 0 Å². The molecule has 0 amide bonds. The van der Waals surface area contributed by atoms with Gasteiger partial charge in [0.1, 0.15) is 5.69 Å². The van der Waals surface area contributed by atoms with Crippen LogP contribution in [0.1, 0.15) is 16.8 Å². The van der Waals surface area contributed by atoms with E-state index in [1.807, 2.05) is 16.9 Å². The standard InChI is InChI=1S/C23H20I2N4/c24-20-10-6-18(7-11-20)14-28(23-4-2-1-3-5-23)16-22-17-29(27-26-22)15-19-8-12-21(25)13-9-19/h1-13,17H,14-16H2. The Hall–Kier alpha value is -1.94. The number of benzene rings is 3. The molecule has 1 aromatic heterocycles. The fourth-order valence-corrected chi connectivity index (χ4v) is 3.87. The Morgan fingerprint density at radius 2 is 1.34 bits per heavy atom. The van der Waals surface area contributed by atoms with Crippen LogP contribution in [-0.4, -0.2) is 15.0 Å². The van der Waals surface area contributed by atoms with E-state index in [1.54, 1.807) is 0 Å². The lowest BCUT2D eigenvalue weighted by Crippen LogP contribution is -2.22. The summed E-state index contributed by atoms with van der Waals surface area (Å²) >= 11 is 4.66. The molecule has 0 unspecified atom stereocenters. The van der Waals surface area contributed by atoms with E-state index in [-0.39, 0.29) is 0 Å². The summed E-state index contributed by atoms with van der Waals surface area (Å²) in [5, 5.41) is 8.76. The SMILES string of the molecule is Ic1ccc(CN(Cc2cn(Cc3ccc(I)cc3)nn2)c2ccccc2)cc1. The third-order valence-electron chi connectivity index (χ3n) is 4.60. The summed E-state index contributed by atoms with van der Waals surface area (Å²) in [6.45, 7) is 2.26. The molecule has 0 saturated heterocycles. The third-order valence-corrected chi connectivity index (χ3v) is 6.04. The lowest BCUT2D eigenvalue weighted by Gasteiger charge is -2.24. The molecule has 3 aromatic carbocycles. The van der Waals surface area contributed by atoms with Gasteiger partial charge in [0.05, 0.1) is 19.3 Å². The maximum Gasteiger partial charge on any atom is 0.102 e. The molecule has 1 heterocycles. The molecule has 4 aromatic rings. The monoisotopic (exact) mass is 606 g/mol. The number of aromatic nitrogens is 3. The molecule has 0 N–H and O–H groups in total. The van der Waals surface area contributed by atoms with Gasteiger partial charge in [-0.3, -0.25) is 0 Å². The van der Waals surface area contributed by atoms with Gasteiger partial charge in [-0.2, -0.15) is 0 Å². The van der Waals surface area contributed by atoms with Gasteiger partial charge in [-0.05, 0) is 92.7 Å². The fraction of sp³-hybridized carbons (Fsp3) is 0.130. The number of halogens is 2. The van der Waals surface area contributed by atoms with E-state index in [9.17, 15) is 0 Å². The van der Waals surface area contributed by atoms with Crippen LogP contribution in [0.2, 0.25) is 0 Å². The summed E-state index contributed by atoms with van der Waals surface area (Å²) in [5.74, 6) is 0. The highest BCUT2D eigenvalue weighted by molar-refractivity contribution is 14.1. The molecule has 0 aliphatic carbocycles. The second-order valence-corrected chi connectivity index (χ2v) is 9.34. The van der Waals surface area contributed by atoms with Gasteiger partial charge in [-0.1, -0.05) is 47.7 Å². The van der Waals surface area contributed by atoms with Gasteiger partial charge in [0.15, 0.2) is 0 Å². The van der Waals surface area contributed by atoms with Gasteiger partial charge in [0.2, 0.25) is 0 Å². The van der Waals surface area contributed by atoms with Crippen molar-refractivity contribution < 1.29 is 0 Å². The molecule has 4 rings (SSSR count). The van der Waals surface area contributed by atoms with Crippen LogP contribution < -0.4 is 4.90 Å². The summed E-state index contributed by atoms with van der Waals surface area (Å²) in [5.41, 5.74) is 4.64. The molecule has 0 bridgehead atoms. The van der Waals surface area contributed by atoms with Crippen LogP contribution in [0.3, 0.4) is 0 Å². The summed E-state index contributed by atoms with van der Waals surface area (Å²) < 4.78 is 4.39. The lowest BCUT2D eigenvalue weighted by atomic mass is 10.2. The average Bonchev–Trinajstić information content (AvgIpc) is 3.18. The minimum atomic E-state index is 0.711. The summed E-state index contributed by atoms with van der Waals surface area (Å²) in [6, 6.07) is 27.6. The van der Waals surface area contributed by atoms with Crippen LogP contribution >= 0.6 is 45.2 Å². The van der Waals surface area contributed by atoms with Gasteiger partial charge in [-0.15, -0.1) is 5.10 Å². The van der Waals surface area contributed by atoms with Gasteiger partial charge < -0.3 is 4.90 Å². The first-order valence-electron chi connectivity index (χ1n) is 9.33. The molecule has 146 valence electrons. The second kappa shape index (κ2) is 9.71. The van der Waals surface area contributed by atoms with Crippen LogP contribution in [0.5, 0.6) is 0 Å². The smallest absolute Gasteiger partial charge is 0.102 e. The van der Waals surface area contributed by atoms with Crippen LogP contribution in [0.4, 0.5) is 5.69 Å². The lowest BCUT2D eigenvalue weighted by molar-refractivity contribution is 0.649. The number of hydrogen-bond donors (Lipinski definition) is 0. The molecule has 0 radical (unpaired) electrons. The molecule has 0 atom stereocenters.